The molecule has 1 atom stereocenters. The lowest BCUT2D eigenvalue weighted by molar-refractivity contribution is 0.0504. The smallest absolute Gasteiger partial charge is 0.310 e. The molecule has 0 saturated heterocycles. The predicted octanol–water partition coefficient (Wildman–Crippen LogP) is 4.62. The molecular formula is C16H17F5N4O3S2. The van der Waals surface area contributed by atoms with Crippen LogP contribution in [0.25, 0.3) is 0 Å². The number of benzene rings is 2. The van der Waals surface area contributed by atoms with Crippen LogP contribution in [0.5, 0.6) is 0 Å². The molecule has 2 aromatic rings. The summed E-state index contributed by atoms with van der Waals surface area (Å²) < 4.78 is 90.8. The molecule has 3 rings (SSSR count). The minimum atomic E-state index is -9.78. The van der Waals surface area contributed by atoms with E-state index in [-0.39, 0.29) is 39.8 Å². The van der Waals surface area contributed by atoms with Crippen molar-refractivity contribution >= 4 is 37.5 Å². The fraction of sp³-hybridized carbons (Fsp3) is 0.188. The first-order chi connectivity index (χ1) is 13.6. The van der Waals surface area contributed by atoms with E-state index in [4.69, 9.17) is 4.84 Å². The molecule has 0 bridgehead atoms. The van der Waals surface area contributed by atoms with Gasteiger partial charge in [-0.05, 0) is 56.4 Å². The standard InChI is InChI=1S/C16H17F5N4O3S2/c1-10-23-16(25-28-10)14-9-12(29(26,27)22-2)5-8-15(14)24-11-3-6-13(7-4-11)30(17,18,19,20)21/h3-10,22,24H,1-2H3,(H,23,25). The summed E-state index contributed by atoms with van der Waals surface area (Å²) in [6.07, 6.45) is -0.561. The quantitative estimate of drug-likeness (QED) is 0.534. The maximum atomic E-state index is 12.9. The van der Waals surface area contributed by atoms with E-state index in [1.165, 1.54) is 25.2 Å². The number of anilines is 2. The van der Waals surface area contributed by atoms with E-state index >= 15 is 0 Å². The SMILES string of the molecule is CNS(=O)(=O)c1ccc(Nc2ccc(S(F)(F)(F)(F)F)cc2)c(C2=NC(C)ON2)c1. The summed E-state index contributed by atoms with van der Waals surface area (Å²) in [5.74, 6) is 0.182. The highest BCUT2D eigenvalue weighted by molar-refractivity contribution is 8.45. The molecule has 1 heterocycles. The van der Waals surface area contributed by atoms with E-state index in [0.29, 0.717) is 0 Å². The molecule has 1 unspecified atom stereocenters. The second-order valence-electron chi connectivity index (χ2n) is 6.33. The van der Waals surface area contributed by atoms with Gasteiger partial charge >= 0.3 is 10.2 Å². The lowest BCUT2D eigenvalue weighted by Crippen LogP contribution is -2.22. The molecule has 1 aliphatic rings. The Morgan fingerprint density at radius 3 is 2.20 bits per heavy atom. The lowest BCUT2D eigenvalue weighted by Gasteiger charge is -2.40. The molecule has 166 valence electrons. The molecule has 1 aliphatic heterocycles. The Kier molecular flexibility index (Phi) is 4.85. The Labute approximate surface area is 169 Å². The number of hydrogen-bond donors (Lipinski definition) is 3. The first kappa shape index (κ1) is 22.3. The van der Waals surface area contributed by atoms with Crippen molar-refractivity contribution in [1.82, 2.24) is 10.2 Å². The number of rotatable bonds is 6. The molecular weight excluding hydrogens is 455 g/mol. The van der Waals surface area contributed by atoms with Crippen molar-refractivity contribution in [3.8, 4) is 0 Å². The van der Waals surface area contributed by atoms with Gasteiger partial charge in [-0.15, -0.1) is 0 Å². The summed E-state index contributed by atoms with van der Waals surface area (Å²) in [5.41, 5.74) is 3.11. The third kappa shape index (κ3) is 4.83. The normalized spacial score (nSPS) is 19.4. The van der Waals surface area contributed by atoms with Crippen LogP contribution >= 0.6 is 10.2 Å². The minimum absolute atomic E-state index is 0.0682. The highest BCUT2D eigenvalue weighted by Crippen LogP contribution is 3.02. The minimum Gasteiger partial charge on any atom is -0.355 e. The summed E-state index contributed by atoms with van der Waals surface area (Å²) in [6, 6.07) is 6.16. The average molecular weight is 472 g/mol. The second kappa shape index (κ2) is 6.54. The molecule has 0 radical (unpaired) electrons. The average Bonchev–Trinajstić information content (AvgIpc) is 3.06. The highest BCUT2D eigenvalue weighted by Gasteiger charge is 2.65. The molecule has 30 heavy (non-hydrogen) atoms. The van der Waals surface area contributed by atoms with Crippen LogP contribution < -0.4 is 15.5 Å². The van der Waals surface area contributed by atoms with E-state index in [0.717, 1.165) is 12.1 Å². The van der Waals surface area contributed by atoms with Crippen LogP contribution in [-0.2, 0) is 14.9 Å². The molecule has 3 N–H and O–H groups in total. The van der Waals surface area contributed by atoms with Gasteiger partial charge in [0.25, 0.3) is 0 Å². The van der Waals surface area contributed by atoms with Gasteiger partial charge in [0.05, 0.1) is 4.90 Å². The van der Waals surface area contributed by atoms with Gasteiger partial charge in [-0.2, -0.15) is 0 Å². The zero-order chi connectivity index (χ0) is 22.4. The number of nitrogens with zero attached hydrogens (tertiary/aromatic N) is 1. The number of nitrogens with one attached hydrogen (secondary N) is 3. The number of hydroxylamine groups is 1. The largest absolute Gasteiger partial charge is 0.355 e. The van der Waals surface area contributed by atoms with Gasteiger partial charge in [0.2, 0.25) is 10.0 Å². The fourth-order valence-corrected chi connectivity index (χ4v) is 3.97. The van der Waals surface area contributed by atoms with Crippen molar-refractivity contribution in [2.24, 2.45) is 4.99 Å². The summed E-state index contributed by atoms with van der Waals surface area (Å²) in [5, 5.41) is 2.77. The molecule has 2 aromatic carbocycles. The van der Waals surface area contributed by atoms with Crippen molar-refractivity contribution in [3.63, 3.8) is 0 Å². The van der Waals surface area contributed by atoms with Crippen molar-refractivity contribution in [2.45, 2.75) is 22.9 Å². The van der Waals surface area contributed by atoms with Gasteiger partial charge in [0.15, 0.2) is 12.1 Å². The Hall–Kier alpha value is -2.42. The van der Waals surface area contributed by atoms with Gasteiger partial charge in [-0.3, -0.25) is 0 Å². The van der Waals surface area contributed by atoms with Gasteiger partial charge < -0.3 is 5.32 Å². The number of hydrogen-bond acceptors (Lipinski definition) is 6. The zero-order valence-electron chi connectivity index (χ0n) is 15.5. The second-order valence-corrected chi connectivity index (χ2v) is 10.6. The summed E-state index contributed by atoms with van der Waals surface area (Å²) in [7, 11) is -12.3. The van der Waals surface area contributed by atoms with Crippen LogP contribution in [0.1, 0.15) is 12.5 Å². The van der Waals surface area contributed by atoms with Gasteiger partial charge in [0, 0.05) is 16.9 Å². The number of sulfonamides is 1. The molecule has 0 spiro atoms. The van der Waals surface area contributed by atoms with Crippen molar-refractivity contribution in [1.29, 1.82) is 0 Å². The Balaban J connectivity index is 2.01. The first-order valence-corrected chi connectivity index (χ1v) is 11.7. The van der Waals surface area contributed by atoms with E-state index in [9.17, 15) is 27.8 Å². The molecule has 0 amide bonds. The Bertz CT molecular complexity index is 1120. The van der Waals surface area contributed by atoms with Crippen LogP contribution in [0.2, 0.25) is 0 Å². The number of amidine groups is 1. The van der Waals surface area contributed by atoms with E-state index < -0.39 is 31.4 Å². The molecule has 0 aliphatic carbocycles. The maximum Gasteiger partial charge on any atom is 0.310 e. The van der Waals surface area contributed by atoms with E-state index in [2.05, 4.69) is 20.5 Å². The highest BCUT2D eigenvalue weighted by atomic mass is 32.5. The van der Waals surface area contributed by atoms with Crippen LogP contribution in [0.15, 0.2) is 57.2 Å². The van der Waals surface area contributed by atoms with Crippen molar-refractivity contribution in [3.05, 3.63) is 48.0 Å². The topological polar surface area (TPSA) is 91.8 Å². The molecule has 0 fully saturated rings. The zero-order valence-corrected chi connectivity index (χ0v) is 17.1. The molecule has 0 aromatic heterocycles. The fourth-order valence-electron chi connectivity index (χ4n) is 2.56. The van der Waals surface area contributed by atoms with Crippen LogP contribution in [0, 0.1) is 0 Å². The molecule has 7 nitrogen and oxygen atoms in total. The van der Waals surface area contributed by atoms with Gasteiger partial charge in [-0.1, -0.05) is 19.4 Å². The summed E-state index contributed by atoms with van der Waals surface area (Å²) >= 11 is 0. The summed E-state index contributed by atoms with van der Waals surface area (Å²) in [4.78, 5) is 7.16. The van der Waals surface area contributed by atoms with E-state index in [1.807, 2.05) is 0 Å². The van der Waals surface area contributed by atoms with Crippen LogP contribution in [-0.4, -0.2) is 27.5 Å². The lowest BCUT2D eigenvalue weighted by atomic mass is 10.1. The number of aliphatic imine (C=N–C) groups is 1. The van der Waals surface area contributed by atoms with E-state index in [1.54, 1.807) is 6.92 Å². The number of halogens is 5. The summed E-state index contributed by atoms with van der Waals surface area (Å²) in [6.45, 7) is 1.63. The van der Waals surface area contributed by atoms with Crippen LogP contribution in [0.4, 0.5) is 30.8 Å². The molecule has 0 saturated carbocycles. The molecule has 14 heteroatoms. The monoisotopic (exact) mass is 472 g/mol. The predicted molar refractivity (Wildman–Crippen MR) is 104 cm³/mol. The van der Waals surface area contributed by atoms with Crippen LogP contribution in [0.3, 0.4) is 0 Å². The Morgan fingerprint density at radius 1 is 1.07 bits per heavy atom. The van der Waals surface area contributed by atoms with Gasteiger partial charge in [-0.25, -0.2) is 28.4 Å². The van der Waals surface area contributed by atoms with Crippen molar-refractivity contribution in [2.75, 3.05) is 12.4 Å². The first-order valence-electron chi connectivity index (χ1n) is 8.28. The van der Waals surface area contributed by atoms with Crippen molar-refractivity contribution < 1.29 is 32.7 Å². The third-order valence-corrected chi connectivity index (χ3v) is 6.62. The van der Waals surface area contributed by atoms with Gasteiger partial charge in [0.1, 0.15) is 4.90 Å². The third-order valence-electron chi connectivity index (χ3n) is 4.04. The Morgan fingerprint density at radius 2 is 1.70 bits per heavy atom. The maximum absolute atomic E-state index is 12.9.